The maximum absolute atomic E-state index is 12.8. The number of carbonyl (C=O) groups is 1. The number of hydrogen-bond acceptors (Lipinski definition) is 5. The first-order valence-corrected chi connectivity index (χ1v) is 9.99. The molecule has 0 saturated carbocycles. The van der Waals surface area contributed by atoms with Crippen LogP contribution in [0.1, 0.15) is 23.3 Å². The Morgan fingerprint density at radius 2 is 2.00 bits per heavy atom. The number of amides is 1. The first-order valence-electron chi connectivity index (χ1n) is 7.92. The molecule has 4 nitrogen and oxygen atoms in total. The Balaban J connectivity index is 1.47. The molecule has 23 heavy (non-hydrogen) atoms. The van der Waals surface area contributed by atoms with Crippen LogP contribution in [0.25, 0.3) is 9.88 Å². The quantitative estimate of drug-likeness (QED) is 0.882. The summed E-state index contributed by atoms with van der Waals surface area (Å²) in [6, 6.07) is 3.83. The van der Waals surface area contributed by atoms with Gasteiger partial charge in [0.25, 0.3) is 5.91 Å². The first kappa shape index (κ1) is 15.6. The van der Waals surface area contributed by atoms with Crippen LogP contribution in [0.3, 0.4) is 0 Å². The maximum atomic E-state index is 12.8. The van der Waals surface area contributed by atoms with Crippen molar-refractivity contribution in [3.8, 4) is 9.88 Å². The molecule has 1 amide bonds. The third kappa shape index (κ3) is 3.18. The molecule has 0 spiro atoms. The summed E-state index contributed by atoms with van der Waals surface area (Å²) in [6.45, 7) is 3.90. The Hall–Kier alpha value is -0.950. The first-order chi connectivity index (χ1) is 11.2. The lowest BCUT2D eigenvalue weighted by molar-refractivity contribution is 0.0753. The highest BCUT2D eigenvalue weighted by atomic mass is 35.5. The van der Waals surface area contributed by atoms with Gasteiger partial charge >= 0.3 is 0 Å². The molecule has 7 heteroatoms. The minimum absolute atomic E-state index is 0.0723. The van der Waals surface area contributed by atoms with Gasteiger partial charge in [-0.05, 0) is 49.9 Å². The number of fused-ring (bicyclic) bond motifs is 1. The van der Waals surface area contributed by atoms with Crippen LogP contribution in [0, 0.1) is 11.8 Å². The molecule has 122 valence electrons. The molecule has 4 rings (SSSR count). The number of likely N-dealkylation sites (tertiary alicyclic amines) is 1. The van der Waals surface area contributed by atoms with Crippen LogP contribution in [-0.2, 0) is 0 Å². The minimum atomic E-state index is 0.0723. The number of carbonyl (C=O) groups excluding carboxylic acids is 1. The normalized spacial score (nSPS) is 24.5. The van der Waals surface area contributed by atoms with E-state index in [1.165, 1.54) is 22.7 Å². The Morgan fingerprint density at radius 1 is 1.26 bits per heavy atom. The van der Waals surface area contributed by atoms with Crippen LogP contribution in [0.2, 0.25) is 4.34 Å². The van der Waals surface area contributed by atoms with E-state index in [4.69, 9.17) is 11.6 Å². The summed E-state index contributed by atoms with van der Waals surface area (Å²) in [7, 11) is 0. The number of nitrogens with zero attached hydrogens (tertiary/aromatic N) is 2. The number of rotatable bonds is 2. The summed E-state index contributed by atoms with van der Waals surface area (Å²) in [4.78, 5) is 20.3. The van der Waals surface area contributed by atoms with Crippen molar-refractivity contribution < 1.29 is 4.79 Å². The SMILES string of the molecule is O=C(c1csc(-c2ccc(Cl)s2)n1)N1CC[C@@H]2CNC[C@@H]2CC1. The van der Waals surface area contributed by atoms with Gasteiger partial charge in [-0.1, -0.05) is 11.6 Å². The van der Waals surface area contributed by atoms with Crippen LogP contribution in [0.5, 0.6) is 0 Å². The van der Waals surface area contributed by atoms with Crippen LogP contribution in [0.4, 0.5) is 0 Å². The molecule has 0 radical (unpaired) electrons. The molecule has 2 aromatic rings. The van der Waals surface area contributed by atoms with Crippen molar-refractivity contribution in [1.29, 1.82) is 0 Å². The van der Waals surface area contributed by atoms with Crippen LogP contribution >= 0.6 is 34.3 Å². The van der Waals surface area contributed by atoms with Gasteiger partial charge in [-0.15, -0.1) is 22.7 Å². The molecule has 2 fully saturated rings. The van der Waals surface area contributed by atoms with Crippen molar-refractivity contribution in [2.24, 2.45) is 11.8 Å². The van der Waals surface area contributed by atoms with E-state index in [2.05, 4.69) is 10.3 Å². The smallest absolute Gasteiger partial charge is 0.273 e. The minimum Gasteiger partial charge on any atom is -0.337 e. The van der Waals surface area contributed by atoms with E-state index in [9.17, 15) is 4.79 Å². The molecule has 2 saturated heterocycles. The lowest BCUT2D eigenvalue weighted by Gasteiger charge is -2.19. The number of nitrogens with one attached hydrogen (secondary N) is 1. The molecular formula is C16H18ClN3OS2. The second-order valence-electron chi connectivity index (χ2n) is 6.19. The van der Waals surface area contributed by atoms with Gasteiger partial charge in [0, 0.05) is 18.5 Å². The summed E-state index contributed by atoms with van der Waals surface area (Å²) >= 11 is 8.99. The molecule has 0 bridgehead atoms. The molecule has 0 aromatic carbocycles. The second-order valence-corrected chi connectivity index (χ2v) is 8.76. The van der Waals surface area contributed by atoms with E-state index >= 15 is 0 Å². The van der Waals surface area contributed by atoms with E-state index in [1.807, 2.05) is 22.4 Å². The van der Waals surface area contributed by atoms with Crippen molar-refractivity contribution in [1.82, 2.24) is 15.2 Å². The number of halogens is 1. The summed E-state index contributed by atoms with van der Waals surface area (Å²) in [5, 5.41) is 6.22. The van der Waals surface area contributed by atoms with E-state index in [-0.39, 0.29) is 5.91 Å². The van der Waals surface area contributed by atoms with Gasteiger partial charge < -0.3 is 10.2 Å². The van der Waals surface area contributed by atoms with Gasteiger partial charge in [-0.3, -0.25) is 4.79 Å². The average Bonchev–Trinajstić information content (AvgIpc) is 3.26. The molecule has 4 heterocycles. The van der Waals surface area contributed by atoms with Gasteiger partial charge in [0.2, 0.25) is 0 Å². The molecule has 2 aliphatic rings. The Morgan fingerprint density at radius 3 is 2.65 bits per heavy atom. The fourth-order valence-electron chi connectivity index (χ4n) is 3.50. The molecule has 2 aromatic heterocycles. The van der Waals surface area contributed by atoms with Crippen LogP contribution < -0.4 is 5.32 Å². The zero-order valence-electron chi connectivity index (χ0n) is 12.6. The van der Waals surface area contributed by atoms with Gasteiger partial charge in [-0.2, -0.15) is 0 Å². The van der Waals surface area contributed by atoms with Crippen molar-refractivity contribution in [3.05, 3.63) is 27.5 Å². The summed E-state index contributed by atoms with van der Waals surface area (Å²) in [5.74, 6) is 1.53. The summed E-state index contributed by atoms with van der Waals surface area (Å²) in [5.41, 5.74) is 0.569. The predicted molar refractivity (Wildman–Crippen MR) is 95.4 cm³/mol. The van der Waals surface area contributed by atoms with E-state index < -0.39 is 0 Å². The average molecular weight is 368 g/mol. The van der Waals surface area contributed by atoms with Gasteiger partial charge in [0.1, 0.15) is 10.7 Å². The van der Waals surface area contributed by atoms with Gasteiger partial charge in [0.15, 0.2) is 0 Å². The topological polar surface area (TPSA) is 45.2 Å². The van der Waals surface area contributed by atoms with E-state index in [0.29, 0.717) is 5.69 Å². The lowest BCUT2D eigenvalue weighted by Crippen LogP contribution is -2.33. The molecule has 2 aliphatic heterocycles. The number of aromatic nitrogens is 1. The highest BCUT2D eigenvalue weighted by Crippen LogP contribution is 2.33. The molecule has 0 unspecified atom stereocenters. The molecular weight excluding hydrogens is 350 g/mol. The van der Waals surface area contributed by atoms with E-state index in [0.717, 1.165) is 65.1 Å². The molecule has 2 atom stereocenters. The third-order valence-corrected chi connectivity index (χ3v) is 7.06. The highest BCUT2D eigenvalue weighted by molar-refractivity contribution is 7.23. The monoisotopic (exact) mass is 367 g/mol. The van der Waals surface area contributed by atoms with Gasteiger partial charge in [0.05, 0.1) is 9.21 Å². The maximum Gasteiger partial charge on any atom is 0.273 e. The second kappa shape index (κ2) is 6.51. The number of hydrogen-bond donors (Lipinski definition) is 1. The Labute approximate surface area is 148 Å². The summed E-state index contributed by atoms with van der Waals surface area (Å²) < 4.78 is 0.746. The lowest BCUT2D eigenvalue weighted by atomic mass is 9.92. The summed E-state index contributed by atoms with van der Waals surface area (Å²) in [6.07, 6.45) is 2.20. The fraction of sp³-hybridized carbons (Fsp3) is 0.500. The zero-order chi connectivity index (χ0) is 15.8. The van der Waals surface area contributed by atoms with Crippen molar-refractivity contribution >= 4 is 40.2 Å². The highest BCUT2D eigenvalue weighted by Gasteiger charge is 2.32. The van der Waals surface area contributed by atoms with Crippen molar-refractivity contribution in [2.45, 2.75) is 12.8 Å². The van der Waals surface area contributed by atoms with E-state index in [1.54, 1.807) is 0 Å². The standard InChI is InChI=1S/C16H18ClN3OS2/c17-14-2-1-13(23-14)15-19-12(9-22-15)16(21)20-5-3-10-7-18-8-11(10)4-6-20/h1-2,9-11,18H,3-8H2/t10-,11+. The number of thiazole rings is 1. The largest absolute Gasteiger partial charge is 0.337 e. The fourth-order valence-corrected chi connectivity index (χ4v) is 5.41. The zero-order valence-corrected chi connectivity index (χ0v) is 15.0. The predicted octanol–water partition coefficient (Wildman–Crippen LogP) is 3.60. The van der Waals surface area contributed by atoms with Gasteiger partial charge in [-0.25, -0.2) is 4.98 Å². The van der Waals surface area contributed by atoms with Crippen molar-refractivity contribution in [2.75, 3.05) is 26.2 Å². The molecule has 1 N–H and O–H groups in total. The Kier molecular flexibility index (Phi) is 4.41. The van der Waals surface area contributed by atoms with Crippen molar-refractivity contribution in [3.63, 3.8) is 0 Å². The Bertz CT molecular complexity index is 700. The molecule has 0 aliphatic carbocycles. The van der Waals surface area contributed by atoms with Crippen LogP contribution in [-0.4, -0.2) is 42.0 Å². The van der Waals surface area contributed by atoms with Crippen LogP contribution in [0.15, 0.2) is 17.5 Å². The third-order valence-electron chi connectivity index (χ3n) is 4.81. The number of thiophene rings is 1.